The molecule has 0 amide bonds. The predicted octanol–water partition coefficient (Wildman–Crippen LogP) is 3.40. The first kappa shape index (κ1) is 20.9. The number of ether oxygens (including phenoxy) is 2. The summed E-state index contributed by atoms with van der Waals surface area (Å²) in [5, 5.41) is 3.81. The largest absolute Gasteiger partial charge is 0.480 e. The fraction of sp³-hybridized carbons (Fsp3) is 0.400. The minimum atomic E-state index is -2.51. The maximum absolute atomic E-state index is 13.0. The second-order valence-corrected chi connectivity index (χ2v) is 7.18. The van der Waals surface area contributed by atoms with Crippen LogP contribution in [0.4, 0.5) is 14.7 Å². The van der Waals surface area contributed by atoms with Gasteiger partial charge >= 0.3 is 0 Å². The summed E-state index contributed by atoms with van der Waals surface area (Å²) in [4.78, 5) is 21.0. The van der Waals surface area contributed by atoms with E-state index in [-0.39, 0.29) is 6.04 Å². The van der Waals surface area contributed by atoms with Crippen LogP contribution in [-0.4, -0.2) is 62.8 Å². The smallest absolute Gasteiger partial charge is 0.256 e. The number of alkyl halides is 2. The molecular formula is C20H23F2N7O2. The maximum atomic E-state index is 13.0. The number of halogens is 2. The quantitative estimate of drug-likeness (QED) is 0.441. The van der Waals surface area contributed by atoms with Crippen LogP contribution in [0, 0.1) is 6.92 Å². The van der Waals surface area contributed by atoms with Crippen molar-refractivity contribution >= 4 is 28.1 Å². The molecule has 0 unspecified atom stereocenters. The Bertz CT molecular complexity index is 1220. The van der Waals surface area contributed by atoms with Crippen molar-refractivity contribution in [2.45, 2.75) is 32.9 Å². The van der Waals surface area contributed by atoms with Crippen molar-refractivity contribution in [2.24, 2.45) is 0 Å². The lowest BCUT2D eigenvalue weighted by molar-refractivity contribution is 0.127. The van der Waals surface area contributed by atoms with Gasteiger partial charge in [0.05, 0.1) is 31.3 Å². The molecule has 2 N–H and O–H groups in total. The molecule has 0 spiro atoms. The summed E-state index contributed by atoms with van der Waals surface area (Å²) in [6.45, 7) is 3.67. The van der Waals surface area contributed by atoms with Crippen LogP contribution in [0.5, 0.6) is 5.88 Å². The number of rotatable bonds is 8. The minimum absolute atomic E-state index is 0.00373. The molecule has 0 saturated heterocycles. The van der Waals surface area contributed by atoms with Gasteiger partial charge in [-0.2, -0.15) is 9.97 Å². The number of pyridine rings is 1. The average molecular weight is 431 g/mol. The highest BCUT2D eigenvalue weighted by atomic mass is 19.3. The van der Waals surface area contributed by atoms with E-state index >= 15 is 0 Å². The molecule has 4 heterocycles. The number of methoxy groups -OCH3 is 2. The number of fused-ring (bicyclic) bond motifs is 2. The van der Waals surface area contributed by atoms with E-state index < -0.39 is 13.0 Å². The van der Waals surface area contributed by atoms with Crippen molar-refractivity contribution in [3.63, 3.8) is 0 Å². The van der Waals surface area contributed by atoms with Crippen molar-refractivity contribution in [1.82, 2.24) is 29.5 Å². The maximum Gasteiger partial charge on any atom is 0.256 e. The zero-order chi connectivity index (χ0) is 22.1. The molecule has 0 bridgehead atoms. The van der Waals surface area contributed by atoms with Gasteiger partial charge in [-0.1, -0.05) is 0 Å². The first-order valence-electron chi connectivity index (χ1n) is 9.72. The summed E-state index contributed by atoms with van der Waals surface area (Å²) in [5.74, 6) is 1.25. The van der Waals surface area contributed by atoms with Crippen molar-refractivity contribution in [2.75, 3.05) is 26.1 Å². The number of hydrogen-bond donors (Lipinski definition) is 2. The van der Waals surface area contributed by atoms with E-state index in [1.54, 1.807) is 32.4 Å². The first-order chi connectivity index (χ1) is 14.9. The van der Waals surface area contributed by atoms with E-state index in [1.165, 1.54) is 11.7 Å². The van der Waals surface area contributed by atoms with Crippen molar-refractivity contribution in [3.8, 4) is 17.1 Å². The summed E-state index contributed by atoms with van der Waals surface area (Å²) < 4.78 is 38.1. The Balaban J connectivity index is 1.80. The van der Waals surface area contributed by atoms with E-state index in [0.717, 1.165) is 0 Å². The molecule has 0 aromatic carbocycles. The van der Waals surface area contributed by atoms with Gasteiger partial charge in [-0.3, -0.25) is 0 Å². The van der Waals surface area contributed by atoms with Gasteiger partial charge in [-0.05, 0) is 26.0 Å². The molecule has 0 fully saturated rings. The molecule has 31 heavy (non-hydrogen) atoms. The molecule has 1 atom stereocenters. The lowest BCUT2D eigenvalue weighted by Crippen LogP contribution is -2.22. The summed E-state index contributed by atoms with van der Waals surface area (Å²) in [7, 11) is 3.15. The number of anilines is 1. The summed E-state index contributed by atoms with van der Waals surface area (Å²) >= 11 is 0. The number of nitrogens with zero attached hydrogens (tertiary/aromatic N) is 5. The Morgan fingerprint density at radius 1 is 1.16 bits per heavy atom. The van der Waals surface area contributed by atoms with Crippen molar-refractivity contribution in [1.29, 1.82) is 0 Å². The second kappa shape index (κ2) is 8.42. The molecule has 11 heteroatoms. The van der Waals surface area contributed by atoms with E-state index in [0.29, 0.717) is 57.7 Å². The van der Waals surface area contributed by atoms with Gasteiger partial charge in [0, 0.05) is 24.9 Å². The van der Waals surface area contributed by atoms with Crippen LogP contribution >= 0.6 is 0 Å². The fourth-order valence-corrected chi connectivity index (χ4v) is 3.55. The Labute approximate surface area is 176 Å². The summed E-state index contributed by atoms with van der Waals surface area (Å²) in [5.41, 5.74) is 2.80. The Morgan fingerprint density at radius 2 is 1.97 bits per heavy atom. The van der Waals surface area contributed by atoms with Gasteiger partial charge in [-0.15, -0.1) is 0 Å². The topological polar surface area (TPSA) is 103 Å². The SMILES string of the molecule is COC[C@@H](C)Nc1nc(OC)c2c(-c3ccc4nc(C)n(CC(F)F)c4n3)c[nH]c2n1. The van der Waals surface area contributed by atoms with Gasteiger partial charge in [0.1, 0.15) is 17.0 Å². The van der Waals surface area contributed by atoms with Crippen LogP contribution in [0.1, 0.15) is 12.7 Å². The molecule has 4 rings (SSSR count). The number of aromatic amines is 1. The molecule has 0 radical (unpaired) electrons. The van der Waals surface area contributed by atoms with E-state index in [1.807, 2.05) is 6.92 Å². The van der Waals surface area contributed by atoms with E-state index in [4.69, 9.17) is 9.47 Å². The lowest BCUT2D eigenvalue weighted by atomic mass is 10.1. The van der Waals surface area contributed by atoms with Gasteiger partial charge in [-0.25, -0.2) is 18.7 Å². The van der Waals surface area contributed by atoms with Gasteiger partial charge < -0.3 is 24.3 Å². The zero-order valence-corrected chi connectivity index (χ0v) is 17.6. The molecule has 0 saturated carbocycles. The van der Waals surface area contributed by atoms with Gasteiger partial charge in [0.25, 0.3) is 6.43 Å². The summed E-state index contributed by atoms with van der Waals surface area (Å²) in [6, 6.07) is 3.56. The normalized spacial score (nSPS) is 12.7. The molecule has 0 aliphatic carbocycles. The van der Waals surface area contributed by atoms with Crippen molar-refractivity contribution in [3.05, 3.63) is 24.2 Å². The van der Waals surface area contributed by atoms with Crippen LogP contribution in [-0.2, 0) is 11.3 Å². The molecule has 4 aromatic heterocycles. The molecular weight excluding hydrogens is 408 g/mol. The number of nitrogens with one attached hydrogen (secondary N) is 2. The monoisotopic (exact) mass is 431 g/mol. The second-order valence-electron chi connectivity index (χ2n) is 7.18. The molecule has 0 aliphatic heterocycles. The number of hydrogen-bond acceptors (Lipinski definition) is 7. The molecule has 9 nitrogen and oxygen atoms in total. The Morgan fingerprint density at radius 3 is 2.68 bits per heavy atom. The van der Waals surface area contributed by atoms with Gasteiger partial charge in [0.15, 0.2) is 5.65 Å². The Hall–Kier alpha value is -3.34. The predicted molar refractivity (Wildman–Crippen MR) is 113 cm³/mol. The lowest BCUT2D eigenvalue weighted by Gasteiger charge is -2.13. The van der Waals surface area contributed by atoms with Gasteiger partial charge in [0.2, 0.25) is 11.8 Å². The molecule has 0 aliphatic rings. The van der Waals surface area contributed by atoms with Crippen LogP contribution in [0.15, 0.2) is 18.3 Å². The third-order valence-electron chi connectivity index (χ3n) is 4.86. The van der Waals surface area contributed by atoms with Crippen LogP contribution in [0.2, 0.25) is 0 Å². The minimum Gasteiger partial charge on any atom is -0.480 e. The van der Waals surface area contributed by atoms with Crippen LogP contribution < -0.4 is 10.1 Å². The Kier molecular flexibility index (Phi) is 5.68. The standard InChI is InChI=1S/C20H23F2N7O2/c1-10(9-30-3)24-20-27-17-16(19(28-20)31-4)12(7-23-17)13-5-6-14-18(26-13)29(8-15(21)22)11(2)25-14/h5-7,10,15H,8-9H2,1-4H3,(H2,23,24,27,28)/t10-/m1/s1. The molecule has 164 valence electrons. The number of H-pyrrole nitrogens is 1. The number of imidazole rings is 1. The number of aromatic nitrogens is 6. The highest BCUT2D eigenvalue weighted by Gasteiger charge is 2.19. The highest BCUT2D eigenvalue weighted by Crippen LogP contribution is 2.34. The first-order valence-corrected chi connectivity index (χ1v) is 9.72. The van der Waals surface area contributed by atoms with Crippen LogP contribution in [0.3, 0.4) is 0 Å². The third kappa shape index (κ3) is 4.00. The summed E-state index contributed by atoms with van der Waals surface area (Å²) in [6.07, 6.45) is -0.756. The van der Waals surface area contributed by atoms with E-state index in [2.05, 4.69) is 30.2 Å². The third-order valence-corrected chi connectivity index (χ3v) is 4.86. The average Bonchev–Trinajstić information content (AvgIpc) is 3.28. The highest BCUT2D eigenvalue weighted by molar-refractivity contribution is 5.97. The number of aryl methyl sites for hydroxylation is 1. The van der Waals surface area contributed by atoms with Crippen molar-refractivity contribution < 1.29 is 18.3 Å². The molecule has 4 aromatic rings. The van der Waals surface area contributed by atoms with Crippen LogP contribution in [0.25, 0.3) is 33.5 Å². The fourth-order valence-electron chi connectivity index (χ4n) is 3.55. The van der Waals surface area contributed by atoms with E-state index in [9.17, 15) is 8.78 Å². The zero-order valence-electron chi connectivity index (χ0n) is 17.6.